The molecule has 2 aromatic carbocycles. The molecule has 0 fully saturated rings. The van der Waals surface area contributed by atoms with Crippen molar-refractivity contribution in [3.63, 3.8) is 0 Å². The number of aromatic nitrogens is 1. The zero-order chi connectivity index (χ0) is 24.3. The molecule has 3 aromatic rings. The number of carboxylic acid groups (broad SMARTS) is 2. The largest absolute Gasteiger partial charge is 0.478 e. The predicted molar refractivity (Wildman–Crippen MR) is 123 cm³/mol. The van der Waals surface area contributed by atoms with Crippen molar-refractivity contribution in [2.45, 2.75) is 13.8 Å². The lowest BCUT2D eigenvalue weighted by Crippen LogP contribution is -2.13. The maximum absolute atomic E-state index is 12.6. The van der Waals surface area contributed by atoms with Gasteiger partial charge in [0.1, 0.15) is 11.6 Å². The number of benzene rings is 2. The standard InChI is InChI=1S/C24H18ClN3O5/c1-13-6-15(7-18(12-26)22(29)27-20-5-3-4-19(25)11-20)14(2)28(13)21-9-16(23(30)31)8-17(10-21)24(32)33/h3-11H,1-2H3,(H,27,29)(H,30,31)(H,32,33). The zero-order valence-electron chi connectivity index (χ0n) is 17.6. The van der Waals surface area contributed by atoms with Crippen LogP contribution >= 0.6 is 11.6 Å². The average molecular weight is 464 g/mol. The van der Waals surface area contributed by atoms with Gasteiger partial charge in [0.2, 0.25) is 0 Å². The molecule has 0 saturated carbocycles. The number of anilines is 1. The number of nitrogens with one attached hydrogen (secondary N) is 1. The van der Waals surface area contributed by atoms with Crippen LogP contribution in [0.25, 0.3) is 11.8 Å². The Morgan fingerprint density at radius 2 is 1.67 bits per heavy atom. The van der Waals surface area contributed by atoms with Gasteiger partial charge < -0.3 is 20.1 Å². The van der Waals surface area contributed by atoms with Gasteiger partial charge in [-0.15, -0.1) is 0 Å². The van der Waals surface area contributed by atoms with Crippen LogP contribution in [0, 0.1) is 25.2 Å². The summed E-state index contributed by atoms with van der Waals surface area (Å²) in [6.45, 7) is 3.47. The summed E-state index contributed by atoms with van der Waals surface area (Å²) >= 11 is 5.92. The van der Waals surface area contributed by atoms with Crippen molar-refractivity contribution < 1.29 is 24.6 Å². The van der Waals surface area contributed by atoms with Gasteiger partial charge in [-0.2, -0.15) is 5.26 Å². The number of hydrogen-bond acceptors (Lipinski definition) is 4. The van der Waals surface area contributed by atoms with Gasteiger partial charge in [-0.1, -0.05) is 17.7 Å². The molecule has 33 heavy (non-hydrogen) atoms. The van der Waals surface area contributed by atoms with E-state index in [9.17, 15) is 29.9 Å². The highest BCUT2D eigenvalue weighted by molar-refractivity contribution is 6.31. The molecule has 0 aliphatic carbocycles. The summed E-state index contributed by atoms with van der Waals surface area (Å²) in [6.07, 6.45) is 1.41. The van der Waals surface area contributed by atoms with E-state index in [2.05, 4.69) is 5.32 Å². The van der Waals surface area contributed by atoms with Gasteiger partial charge in [0.05, 0.1) is 11.1 Å². The fraction of sp³-hybridized carbons (Fsp3) is 0.0833. The third-order valence-electron chi connectivity index (χ3n) is 4.89. The number of nitrogens with zero attached hydrogens (tertiary/aromatic N) is 2. The molecule has 9 heteroatoms. The van der Waals surface area contributed by atoms with Crippen molar-refractivity contribution in [1.29, 1.82) is 5.26 Å². The molecule has 0 unspecified atom stereocenters. The minimum Gasteiger partial charge on any atom is -0.478 e. The Morgan fingerprint density at radius 3 is 2.21 bits per heavy atom. The van der Waals surface area contributed by atoms with Gasteiger partial charge in [0, 0.05) is 27.8 Å². The van der Waals surface area contributed by atoms with E-state index in [0.717, 1.165) is 6.07 Å². The molecule has 1 amide bonds. The van der Waals surface area contributed by atoms with Crippen LogP contribution in [0.2, 0.25) is 5.02 Å². The Hall–Kier alpha value is -4.35. The number of carbonyl (C=O) groups is 3. The van der Waals surface area contributed by atoms with Crippen molar-refractivity contribution >= 4 is 41.2 Å². The average Bonchev–Trinajstić information content (AvgIpc) is 3.04. The lowest BCUT2D eigenvalue weighted by atomic mass is 10.1. The molecule has 3 N–H and O–H groups in total. The number of rotatable bonds is 6. The first-order valence-corrected chi connectivity index (χ1v) is 9.98. The summed E-state index contributed by atoms with van der Waals surface area (Å²) in [4.78, 5) is 35.5. The second-order valence-corrected chi connectivity index (χ2v) is 7.61. The normalized spacial score (nSPS) is 11.0. The maximum Gasteiger partial charge on any atom is 0.335 e. The summed E-state index contributed by atoms with van der Waals surface area (Å²) < 4.78 is 1.66. The third kappa shape index (κ3) is 5.11. The number of carbonyl (C=O) groups excluding carboxylic acids is 1. The molecule has 1 heterocycles. The molecule has 8 nitrogen and oxygen atoms in total. The van der Waals surface area contributed by atoms with Crippen molar-refractivity contribution in [3.05, 3.63) is 87.2 Å². The minimum atomic E-state index is -1.26. The van der Waals surface area contributed by atoms with E-state index >= 15 is 0 Å². The SMILES string of the molecule is Cc1cc(C=C(C#N)C(=O)Nc2cccc(Cl)c2)c(C)n1-c1cc(C(=O)O)cc(C(=O)O)c1. The zero-order valence-corrected chi connectivity index (χ0v) is 18.3. The van der Waals surface area contributed by atoms with Crippen LogP contribution in [0.1, 0.15) is 37.7 Å². The molecule has 0 bridgehead atoms. The number of amides is 1. The second-order valence-electron chi connectivity index (χ2n) is 7.18. The molecule has 3 rings (SSSR count). The van der Waals surface area contributed by atoms with E-state index in [-0.39, 0.29) is 16.7 Å². The van der Waals surface area contributed by atoms with Crippen molar-refractivity contribution in [1.82, 2.24) is 4.57 Å². The van der Waals surface area contributed by atoms with E-state index in [1.54, 1.807) is 48.7 Å². The van der Waals surface area contributed by atoms with Crippen LogP contribution in [0.4, 0.5) is 5.69 Å². The number of halogens is 1. The Balaban J connectivity index is 2.03. The molecular weight excluding hydrogens is 446 g/mol. The van der Waals surface area contributed by atoms with Crippen LogP contribution in [-0.4, -0.2) is 32.6 Å². The Bertz CT molecular complexity index is 1330. The highest BCUT2D eigenvalue weighted by Gasteiger charge is 2.17. The van der Waals surface area contributed by atoms with Gasteiger partial charge >= 0.3 is 11.9 Å². The molecule has 0 aliphatic heterocycles. The molecule has 166 valence electrons. The van der Waals surface area contributed by atoms with Crippen LogP contribution < -0.4 is 5.32 Å². The van der Waals surface area contributed by atoms with Gasteiger partial charge in [-0.25, -0.2) is 9.59 Å². The first-order chi connectivity index (χ1) is 15.6. The Labute approximate surface area is 194 Å². The summed E-state index contributed by atoms with van der Waals surface area (Å²) in [6, 6.07) is 13.9. The summed E-state index contributed by atoms with van der Waals surface area (Å²) in [5, 5.41) is 31.3. The van der Waals surface area contributed by atoms with Gasteiger partial charge in [-0.3, -0.25) is 4.79 Å². The van der Waals surface area contributed by atoms with E-state index in [0.29, 0.717) is 33.3 Å². The van der Waals surface area contributed by atoms with E-state index in [1.165, 1.54) is 18.2 Å². The number of aryl methyl sites for hydroxylation is 1. The molecule has 0 saturated heterocycles. The van der Waals surface area contributed by atoms with Crippen molar-refractivity contribution in [2.75, 3.05) is 5.32 Å². The monoisotopic (exact) mass is 463 g/mol. The van der Waals surface area contributed by atoms with Gasteiger partial charge in [-0.05, 0) is 68.0 Å². The quantitative estimate of drug-likeness (QED) is 0.359. The number of carboxylic acids is 2. The fourth-order valence-corrected chi connectivity index (χ4v) is 3.58. The van der Waals surface area contributed by atoms with E-state index in [4.69, 9.17) is 11.6 Å². The van der Waals surface area contributed by atoms with E-state index < -0.39 is 17.8 Å². The van der Waals surface area contributed by atoms with Crippen LogP contribution in [-0.2, 0) is 4.79 Å². The number of hydrogen-bond donors (Lipinski definition) is 3. The Kier molecular flexibility index (Phi) is 6.66. The lowest BCUT2D eigenvalue weighted by molar-refractivity contribution is -0.112. The summed E-state index contributed by atoms with van der Waals surface area (Å²) in [7, 11) is 0. The highest BCUT2D eigenvalue weighted by Crippen LogP contribution is 2.25. The van der Waals surface area contributed by atoms with Crippen molar-refractivity contribution in [2.24, 2.45) is 0 Å². The van der Waals surface area contributed by atoms with Gasteiger partial charge in [0.15, 0.2) is 0 Å². The van der Waals surface area contributed by atoms with Crippen LogP contribution in [0.5, 0.6) is 0 Å². The molecular formula is C24H18ClN3O5. The maximum atomic E-state index is 12.6. The first-order valence-electron chi connectivity index (χ1n) is 9.60. The second kappa shape index (κ2) is 9.42. The number of nitriles is 1. The van der Waals surface area contributed by atoms with Crippen LogP contribution in [0.3, 0.4) is 0 Å². The van der Waals surface area contributed by atoms with Gasteiger partial charge in [0.25, 0.3) is 5.91 Å². The first kappa shape index (κ1) is 23.3. The highest BCUT2D eigenvalue weighted by atomic mass is 35.5. The smallest absolute Gasteiger partial charge is 0.335 e. The third-order valence-corrected chi connectivity index (χ3v) is 5.12. The van der Waals surface area contributed by atoms with Crippen LogP contribution in [0.15, 0.2) is 54.1 Å². The molecule has 0 radical (unpaired) electrons. The summed E-state index contributed by atoms with van der Waals surface area (Å²) in [5.74, 6) is -3.14. The molecule has 0 atom stereocenters. The molecule has 0 aliphatic rings. The topological polar surface area (TPSA) is 132 Å². The Morgan fingerprint density at radius 1 is 1.03 bits per heavy atom. The fourth-order valence-electron chi connectivity index (χ4n) is 3.39. The minimum absolute atomic E-state index is 0.152. The lowest BCUT2D eigenvalue weighted by Gasteiger charge is -2.12. The molecule has 0 spiro atoms. The molecule has 1 aromatic heterocycles. The predicted octanol–water partition coefficient (Wildman–Crippen LogP) is 4.69. The van der Waals surface area contributed by atoms with E-state index in [1.807, 2.05) is 6.07 Å². The number of aromatic carboxylic acids is 2. The van der Waals surface area contributed by atoms with Crippen molar-refractivity contribution in [3.8, 4) is 11.8 Å². The summed E-state index contributed by atoms with van der Waals surface area (Å²) in [5.41, 5.74) is 2.07.